The van der Waals surface area contributed by atoms with E-state index in [9.17, 15) is 4.79 Å². The molecule has 84 valence electrons. The van der Waals surface area contributed by atoms with Crippen LogP contribution in [0.4, 0.5) is 4.79 Å². The fraction of sp³-hybridized carbons (Fsp3) is 0.889. The van der Waals surface area contributed by atoms with Gasteiger partial charge in [-0.15, -0.1) is 0 Å². The molecule has 0 aliphatic heterocycles. The molecule has 0 unspecified atom stereocenters. The van der Waals surface area contributed by atoms with Gasteiger partial charge in [-0.05, 0) is 6.42 Å². The fourth-order valence-corrected chi connectivity index (χ4v) is 0.772. The molecular formula is C9H20N2O3. The van der Waals surface area contributed by atoms with Crippen LogP contribution in [0.25, 0.3) is 0 Å². The first-order valence-electron chi connectivity index (χ1n) is 4.70. The van der Waals surface area contributed by atoms with Crippen molar-refractivity contribution in [2.75, 3.05) is 47.6 Å². The molecular weight excluding hydrogens is 184 g/mol. The van der Waals surface area contributed by atoms with Crippen molar-refractivity contribution in [3.8, 4) is 0 Å². The predicted octanol–water partition coefficient (Wildman–Crippen LogP) is 0.311. The average molecular weight is 204 g/mol. The number of carbonyl (C=O) groups excluding carboxylic acids is 1. The Bertz CT molecular complexity index is 151. The molecule has 2 amide bonds. The van der Waals surface area contributed by atoms with Gasteiger partial charge in [0, 0.05) is 34.4 Å². The first-order valence-corrected chi connectivity index (χ1v) is 4.70. The van der Waals surface area contributed by atoms with Crippen LogP contribution in [0.15, 0.2) is 0 Å². The van der Waals surface area contributed by atoms with Gasteiger partial charge in [-0.3, -0.25) is 0 Å². The van der Waals surface area contributed by atoms with Crippen molar-refractivity contribution in [3.63, 3.8) is 0 Å². The minimum Gasteiger partial charge on any atom is -0.382 e. The third-order valence-electron chi connectivity index (χ3n) is 1.58. The Morgan fingerprint density at radius 2 is 2.00 bits per heavy atom. The topological polar surface area (TPSA) is 50.8 Å². The van der Waals surface area contributed by atoms with E-state index in [1.807, 2.05) is 0 Å². The van der Waals surface area contributed by atoms with E-state index in [1.165, 1.54) is 4.90 Å². The maximum Gasteiger partial charge on any atom is 0.316 e. The second kappa shape index (κ2) is 8.77. The molecule has 0 radical (unpaired) electrons. The van der Waals surface area contributed by atoms with Crippen LogP contribution in [-0.4, -0.2) is 58.5 Å². The number of nitrogens with zero attached hydrogens (tertiary/aromatic N) is 1. The largest absolute Gasteiger partial charge is 0.382 e. The summed E-state index contributed by atoms with van der Waals surface area (Å²) in [6.45, 7) is 2.52. The highest BCUT2D eigenvalue weighted by atomic mass is 16.5. The van der Waals surface area contributed by atoms with E-state index in [0.717, 1.165) is 6.42 Å². The first kappa shape index (κ1) is 13.2. The molecule has 0 spiro atoms. The summed E-state index contributed by atoms with van der Waals surface area (Å²) in [6, 6.07) is -0.0677. The first-order chi connectivity index (χ1) is 6.68. The minimum atomic E-state index is -0.0677. The summed E-state index contributed by atoms with van der Waals surface area (Å²) in [7, 11) is 5.06. The van der Waals surface area contributed by atoms with E-state index in [-0.39, 0.29) is 6.03 Å². The maximum absolute atomic E-state index is 11.0. The van der Waals surface area contributed by atoms with Crippen LogP contribution in [-0.2, 0) is 9.47 Å². The number of methoxy groups -OCH3 is 1. The number of urea groups is 1. The monoisotopic (exact) mass is 204 g/mol. The lowest BCUT2D eigenvalue weighted by Crippen LogP contribution is -2.35. The zero-order chi connectivity index (χ0) is 10.8. The lowest BCUT2D eigenvalue weighted by Gasteiger charge is -2.11. The summed E-state index contributed by atoms with van der Waals surface area (Å²) >= 11 is 0. The van der Waals surface area contributed by atoms with E-state index in [1.54, 1.807) is 21.2 Å². The summed E-state index contributed by atoms with van der Waals surface area (Å²) in [4.78, 5) is 12.5. The molecule has 5 heteroatoms. The minimum absolute atomic E-state index is 0.0677. The smallest absolute Gasteiger partial charge is 0.316 e. The lowest BCUT2D eigenvalue weighted by molar-refractivity contribution is 0.0696. The van der Waals surface area contributed by atoms with Gasteiger partial charge in [0.05, 0.1) is 13.2 Å². The molecule has 0 heterocycles. The van der Waals surface area contributed by atoms with Crippen LogP contribution in [0.3, 0.4) is 0 Å². The summed E-state index contributed by atoms with van der Waals surface area (Å²) in [5.74, 6) is 0. The van der Waals surface area contributed by atoms with Gasteiger partial charge in [-0.25, -0.2) is 4.79 Å². The quantitative estimate of drug-likeness (QED) is 0.607. The molecule has 0 aromatic heterocycles. The van der Waals surface area contributed by atoms with Crippen molar-refractivity contribution in [3.05, 3.63) is 0 Å². The lowest BCUT2D eigenvalue weighted by atomic mass is 10.4. The van der Waals surface area contributed by atoms with E-state index in [4.69, 9.17) is 9.47 Å². The number of ether oxygens (including phenoxy) is 2. The Morgan fingerprint density at radius 1 is 1.29 bits per heavy atom. The van der Waals surface area contributed by atoms with Crippen molar-refractivity contribution >= 4 is 6.03 Å². The third kappa shape index (κ3) is 7.82. The van der Waals surface area contributed by atoms with Gasteiger partial charge in [0.2, 0.25) is 0 Å². The Balaban J connectivity index is 3.10. The van der Waals surface area contributed by atoms with Gasteiger partial charge >= 0.3 is 6.03 Å². The number of hydrogen-bond donors (Lipinski definition) is 1. The summed E-state index contributed by atoms with van der Waals surface area (Å²) < 4.78 is 10.0. The average Bonchev–Trinajstić information content (AvgIpc) is 2.16. The molecule has 0 atom stereocenters. The Labute approximate surface area is 85.4 Å². The molecule has 5 nitrogen and oxygen atoms in total. The van der Waals surface area contributed by atoms with Crippen LogP contribution in [0.2, 0.25) is 0 Å². The van der Waals surface area contributed by atoms with Crippen molar-refractivity contribution in [2.24, 2.45) is 0 Å². The SMILES string of the molecule is COCCOCCCNC(=O)N(C)C. The normalized spacial score (nSPS) is 9.93. The number of nitrogens with one attached hydrogen (secondary N) is 1. The number of hydrogen-bond acceptors (Lipinski definition) is 3. The molecule has 0 saturated carbocycles. The highest BCUT2D eigenvalue weighted by Gasteiger charge is 2.00. The molecule has 0 aliphatic rings. The van der Waals surface area contributed by atoms with Crippen molar-refractivity contribution < 1.29 is 14.3 Å². The van der Waals surface area contributed by atoms with Gasteiger partial charge in [0.15, 0.2) is 0 Å². The van der Waals surface area contributed by atoms with Gasteiger partial charge in [0.25, 0.3) is 0 Å². The van der Waals surface area contributed by atoms with Crippen molar-refractivity contribution in [1.82, 2.24) is 10.2 Å². The summed E-state index contributed by atoms with van der Waals surface area (Å²) in [5, 5.41) is 2.75. The number of rotatable bonds is 7. The second-order valence-electron chi connectivity index (χ2n) is 3.09. The molecule has 0 aromatic carbocycles. The predicted molar refractivity (Wildman–Crippen MR) is 54.4 cm³/mol. The van der Waals surface area contributed by atoms with E-state index in [2.05, 4.69) is 5.32 Å². The van der Waals surface area contributed by atoms with Gasteiger partial charge < -0.3 is 19.7 Å². The van der Waals surface area contributed by atoms with Crippen LogP contribution in [0.1, 0.15) is 6.42 Å². The molecule has 1 N–H and O–H groups in total. The molecule has 0 bridgehead atoms. The Hall–Kier alpha value is -0.810. The maximum atomic E-state index is 11.0. The van der Waals surface area contributed by atoms with E-state index in [0.29, 0.717) is 26.4 Å². The zero-order valence-electron chi connectivity index (χ0n) is 9.21. The molecule has 0 rings (SSSR count). The van der Waals surface area contributed by atoms with Gasteiger partial charge in [0.1, 0.15) is 0 Å². The van der Waals surface area contributed by atoms with Gasteiger partial charge in [-0.2, -0.15) is 0 Å². The molecule has 14 heavy (non-hydrogen) atoms. The van der Waals surface area contributed by atoms with Crippen LogP contribution >= 0.6 is 0 Å². The van der Waals surface area contributed by atoms with Crippen molar-refractivity contribution in [2.45, 2.75) is 6.42 Å². The highest BCUT2D eigenvalue weighted by molar-refractivity contribution is 5.73. The van der Waals surface area contributed by atoms with Crippen LogP contribution in [0.5, 0.6) is 0 Å². The summed E-state index contributed by atoms with van der Waals surface area (Å²) in [5.41, 5.74) is 0. The third-order valence-corrected chi connectivity index (χ3v) is 1.58. The molecule has 0 fully saturated rings. The molecule has 0 aliphatic carbocycles. The summed E-state index contributed by atoms with van der Waals surface area (Å²) in [6.07, 6.45) is 0.823. The molecule has 0 saturated heterocycles. The standard InChI is InChI=1S/C9H20N2O3/c1-11(2)9(12)10-5-4-6-14-8-7-13-3/h4-8H2,1-3H3,(H,10,12). The van der Waals surface area contributed by atoms with Crippen molar-refractivity contribution in [1.29, 1.82) is 0 Å². The number of amides is 2. The van der Waals surface area contributed by atoms with E-state index < -0.39 is 0 Å². The Kier molecular flexibility index (Phi) is 8.27. The molecule has 0 aromatic rings. The fourth-order valence-electron chi connectivity index (χ4n) is 0.772. The van der Waals surface area contributed by atoms with Crippen LogP contribution < -0.4 is 5.32 Å². The zero-order valence-corrected chi connectivity index (χ0v) is 9.21. The number of carbonyl (C=O) groups is 1. The van der Waals surface area contributed by atoms with Crippen LogP contribution in [0, 0.1) is 0 Å². The second-order valence-corrected chi connectivity index (χ2v) is 3.09. The Morgan fingerprint density at radius 3 is 2.57 bits per heavy atom. The van der Waals surface area contributed by atoms with E-state index >= 15 is 0 Å². The van der Waals surface area contributed by atoms with Gasteiger partial charge in [-0.1, -0.05) is 0 Å². The highest BCUT2D eigenvalue weighted by Crippen LogP contribution is 1.83.